The van der Waals surface area contributed by atoms with Crippen molar-refractivity contribution in [1.29, 1.82) is 0 Å². The number of ether oxygens (including phenoxy) is 3. The monoisotopic (exact) mass is 400 g/mol. The van der Waals surface area contributed by atoms with E-state index in [-0.39, 0.29) is 11.5 Å². The van der Waals surface area contributed by atoms with Crippen LogP contribution in [0.4, 0.5) is 0 Å². The second kappa shape index (κ2) is 7.87. The maximum atomic E-state index is 12.8. The number of carbonyl (C=O) groups is 2. The molecule has 5 nitrogen and oxygen atoms in total. The van der Waals surface area contributed by atoms with Crippen molar-refractivity contribution < 1.29 is 23.8 Å². The Morgan fingerprint density at radius 2 is 1.80 bits per heavy atom. The molecule has 0 N–H and O–H groups in total. The van der Waals surface area contributed by atoms with Gasteiger partial charge in [-0.05, 0) is 61.9 Å². The summed E-state index contributed by atoms with van der Waals surface area (Å²) in [6.45, 7) is 3.67. The van der Waals surface area contributed by atoms with Crippen LogP contribution in [0.25, 0.3) is 6.08 Å². The highest BCUT2D eigenvalue weighted by Gasteiger charge is 2.30. The lowest BCUT2D eigenvalue weighted by Gasteiger charge is -2.10. The number of ketones is 1. The number of rotatable bonds is 4. The number of carbonyl (C=O) groups excluding carboxylic acids is 2. The van der Waals surface area contributed by atoms with Gasteiger partial charge in [-0.15, -0.1) is 0 Å². The molecule has 3 aromatic rings. The largest absolute Gasteiger partial charge is 0.497 e. The van der Waals surface area contributed by atoms with E-state index in [9.17, 15) is 9.59 Å². The van der Waals surface area contributed by atoms with Crippen molar-refractivity contribution in [2.24, 2.45) is 0 Å². The molecule has 1 heterocycles. The van der Waals surface area contributed by atoms with Crippen molar-refractivity contribution in [3.8, 4) is 17.2 Å². The van der Waals surface area contributed by atoms with Crippen LogP contribution in [0.1, 0.15) is 37.4 Å². The highest BCUT2D eigenvalue weighted by atomic mass is 16.5. The van der Waals surface area contributed by atoms with Gasteiger partial charge < -0.3 is 14.2 Å². The summed E-state index contributed by atoms with van der Waals surface area (Å²) in [6.07, 6.45) is 1.67. The van der Waals surface area contributed by atoms with Crippen molar-refractivity contribution in [3.63, 3.8) is 0 Å². The molecule has 0 saturated carbocycles. The standard InChI is InChI=1S/C25H20O5/c1-15-6-4-8-18(12-15)25(27)30-21-11-10-20-23(26)22(29-24(20)16(21)2)14-17-7-5-9-19(13-17)28-3/h4-14H,1-3H3/b22-14-. The predicted octanol–water partition coefficient (Wildman–Crippen LogP) is 5.15. The minimum absolute atomic E-state index is 0.212. The molecule has 3 aromatic carbocycles. The molecule has 1 aliphatic rings. The first-order valence-corrected chi connectivity index (χ1v) is 9.47. The third kappa shape index (κ3) is 3.70. The highest BCUT2D eigenvalue weighted by molar-refractivity contribution is 6.15. The first-order valence-electron chi connectivity index (χ1n) is 9.47. The molecule has 5 heteroatoms. The van der Waals surface area contributed by atoms with Crippen LogP contribution in [0.2, 0.25) is 0 Å². The van der Waals surface area contributed by atoms with Crippen molar-refractivity contribution in [2.75, 3.05) is 7.11 Å². The fourth-order valence-corrected chi connectivity index (χ4v) is 3.29. The van der Waals surface area contributed by atoms with E-state index in [4.69, 9.17) is 14.2 Å². The lowest BCUT2D eigenvalue weighted by molar-refractivity contribution is 0.0733. The summed E-state index contributed by atoms with van der Waals surface area (Å²) in [5, 5.41) is 0. The summed E-state index contributed by atoms with van der Waals surface area (Å²) in [4.78, 5) is 25.3. The average Bonchev–Trinajstić information content (AvgIpc) is 3.06. The molecule has 0 saturated heterocycles. The van der Waals surface area contributed by atoms with E-state index in [1.54, 1.807) is 50.4 Å². The number of methoxy groups -OCH3 is 1. The topological polar surface area (TPSA) is 61.8 Å². The lowest BCUT2D eigenvalue weighted by Crippen LogP contribution is -2.09. The van der Waals surface area contributed by atoms with Crippen molar-refractivity contribution in [3.05, 3.63) is 94.2 Å². The molecule has 0 atom stereocenters. The summed E-state index contributed by atoms with van der Waals surface area (Å²) in [5.41, 5.74) is 3.25. The lowest BCUT2D eigenvalue weighted by atomic mass is 10.1. The number of hydrogen-bond donors (Lipinski definition) is 0. The van der Waals surface area contributed by atoms with Crippen LogP contribution < -0.4 is 14.2 Å². The Balaban J connectivity index is 1.61. The quantitative estimate of drug-likeness (QED) is 0.344. The van der Waals surface area contributed by atoms with Gasteiger partial charge in [-0.2, -0.15) is 0 Å². The Morgan fingerprint density at radius 1 is 1.00 bits per heavy atom. The highest BCUT2D eigenvalue weighted by Crippen LogP contribution is 2.39. The van der Waals surface area contributed by atoms with Crippen LogP contribution in [0.5, 0.6) is 17.2 Å². The number of esters is 1. The third-order valence-corrected chi connectivity index (χ3v) is 4.88. The van der Waals surface area contributed by atoms with Crippen LogP contribution in [0, 0.1) is 13.8 Å². The predicted molar refractivity (Wildman–Crippen MR) is 113 cm³/mol. The van der Waals surface area contributed by atoms with Gasteiger partial charge in [-0.25, -0.2) is 4.79 Å². The molecule has 30 heavy (non-hydrogen) atoms. The molecule has 0 amide bonds. The summed E-state index contributed by atoms with van der Waals surface area (Å²) in [5.74, 6) is 0.988. The van der Waals surface area contributed by atoms with Gasteiger partial charge in [0.1, 0.15) is 17.2 Å². The first kappa shape index (κ1) is 19.5. The molecule has 0 fully saturated rings. The second-order valence-corrected chi connectivity index (χ2v) is 7.04. The van der Waals surface area contributed by atoms with Crippen molar-refractivity contribution >= 4 is 17.8 Å². The summed E-state index contributed by atoms with van der Waals surface area (Å²) in [7, 11) is 1.59. The number of fused-ring (bicyclic) bond motifs is 1. The van der Waals surface area contributed by atoms with Crippen LogP contribution in [0.15, 0.2) is 66.4 Å². The SMILES string of the molecule is COc1cccc(/C=C2\Oc3c(ccc(OC(=O)c4cccc(C)c4)c3C)C2=O)c1. The zero-order valence-electron chi connectivity index (χ0n) is 16.9. The van der Waals surface area contributed by atoms with E-state index in [0.29, 0.717) is 33.9 Å². The van der Waals surface area contributed by atoms with E-state index >= 15 is 0 Å². The number of benzene rings is 3. The Kier molecular flexibility index (Phi) is 5.11. The second-order valence-electron chi connectivity index (χ2n) is 7.04. The molecular weight excluding hydrogens is 380 g/mol. The van der Waals surface area contributed by atoms with E-state index < -0.39 is 5.97 Å². The molecule has 0 aromatic heterocycles. The number of hydrogen-bond acceptors (Lipinski definition) is 5. The van der Waals surface area contributed by atoms with Crippen LogP contribution in [-0.2, 0) is 0 Å². The fourth-order valence-electron chi connectivity index (χ4n) is 3.29. The van der Waals surface area contributed by atoms with E-state index in [1.807, 2.05) is 37.3 Å². The normalized spacial score (nSPS) is 13.7. The van der Waals surface area contributed by atoms with Gasteiger partial charge in [0, 0.05) is 5.56 Å². The van der Waals surface area contributed by atoms with Crippen molar-refractivity contribution in [1.82, 2.24) is 0 Å². The van der Waals surface area contributed by atoms with Gasteiger partial charge >= 0.3 is 5.97 Å². The number of aryl methyl sites for hydroxylation is 1. The minimum atomic E-state index is -0.460. The van der Waals surface area contributed by atoms with Gasteiger partial charge in [0.05, 0.1) is 18.2 Å². The number of allylic oxidation sites excluding steroid dienone is 1. The molecule has 0 bridgehead atoms. The zero-order chi connectivity index (χ0) is 21.3. The summed E-state index contributed by atoms with van der Waals surface area (Å²) < 4.78 is 16.6. The Bertz CT molecular complexity index is 1190. The van der Waals surface area contributed by atoms with Crippen LogP contribution in [0.3, 0.4) is 0 Å². The molecule has 0 radical (unpaired) electrons. The number of Topliss-reactive ketones (excluding diaryl/α,β-unsaturated/α-hetero) is 1. The molecule has 0 aliphatic carbocycles. The van der Waals surface area contributed by atoms with Crippen LogP contribution in [-0.4, -0.2) is 18.9 Å². The molecule has 1 aliphatic heterocycles. The Labute approximate surface area is 174 Å². The Morgan fingerprint density at radius 3 is 2.57 bits per heavy atom. The van der Waals surface area contributed by atoms with E-state index in [1.165, 1.54) is 0 Å². The summed E-state index contributed by atoms with van der Waals surface area (Å²) >= 11 is 0. The molecule has 150 valence electrons. The summed E-state index contributed by atoms with van der Waals surface area (Å²) in [6, 6.07) is 17.8. The van der Waals surface area contributed by atoms with E-state index in [2.05, 4.69) is 0 Å². The first-order chi connectivity index (χ1) is 14.5. The maximum absolute atomic E-state index is 12.8. The van der Waals surface area contributed by atoms with Gasteiger partial charge in [0.15, 0.2) is 5.76 Å². The van der Waals surface area contributed by atoms with E-state index in [0.717, 1.165) is 11.1 Å². The molecule has 4 rings (SSSR count). The molecule has 0 unspecified atom stereocenters. The maximum Gasteiger partial charge on any atom is 0.343 e. The molecule has 0 spiro atoms. The Hall–Kier alpha value is -3.86. The zero-order valence-corrected chi connectivity index (χ0v) is 16.9. The third-order valence-electron chi connectivity index (χ3n) is 4.88. The van der Waals surface area contributed by atoms with Gasteiger partial charge in [-0.3, -0.25) is 4.79 Å². The van der Waals surface area contributed by atoms with Crippen molar-refractivity contribution in [2.45, 2.75) is 13.8 Å². The van der Waals surface area contributed by atoms with Gasteiger partial charge in [0.2, 0.25) is 5.78 Å². The average molecular weight is 400 g/mol. The fraction of sp³-hybridized carbons (Fsp3) is 0.120. The molecular formula is C25H20O5. The smallest absolute Gasteiger partial charge is 0.343 e. The van der Waals surface area contributed by atoms with Crippen LogP contribution >= 0.6 is 0 Å². The van der Waals surface area contributed by atoms with Gasteiger partial charge in [-0.1, -0.05) is 29.8 Å². The van der Waals surface area contributed by atoms with Gasteiger partial charge in [0.25, 0.3) is 0 Å². The minimum Gasteiger partial charge on any atom is -0.497 e.